The predicted molar refractivity (Wildman–Crippen MR) is 106 cm³/mol. The van der Waals surface area contributed by atoms with Crippen LogP contribution in [0.3, 0.4) is 0 Å². The lowest BCUT2D eigenvalue weighted by molar-refractivity contribution is -0.340. The van der Waals surface area contributed by atoms with E-state index in [1.807, 2.05) is 0 Å². The fourth-order valence-corrected chi connectivity index (χ4v) is 3.73. The molecule has 1 aromatic carbocycles. The van der Waals surface area contributed by atoms with Gasteiger partial charge in [-0.05, 0) is 19.1 Å². The molecule has 12 nitrogen and oxygen atoms in total. The molecule has 2 saturated heterocycles. The first-order chi connectivity index (χ1) is 15.7. The molecule has 2 aliphatic heterocycles. The molecule has 0 radical (unpaired) electrons. The molecule has 33 heavy (non-hydrogen) atoms. The van der Waals surface area contributed by atoms with Crippen LogP contribution in [-0.2, 0) is 18.9 Å². The second-order valence-electron chi connectivity index (χ2n) is 7.83. The Morgan fingerprint density at radius 1 is 0.970 bits per heavy atom. The summed E-state index contributed by atoms with van der Waals surface area (Å²) in [6.07, 6.45) is -15.5. The molecule has 186 valence electrons. The number of anilines is 1. The highest BCUT2D eigenvalue weighted by Crippen LogP contribution is 2.30. The number of carbonyl (C=O) groups is 1. The molecule has 13 heteroatoms. The molecule has 1 aromatic rings. The van der Waals surface area contributed by atoms with E-state index in [0.717, 1.165) is 6.07 Å². The van der Waals surface area contributed by atoms with Gasteiger partial charge in [0.15, 0.2) is 12.4 Å². The first-order valence-electron chi connectivity index (χ1n) is 10.3. The Bertz CT molecular complexity index is 797. The van der Waals surface area contributed by atoms with Gasteiger partial charge in [-0.25, -0.2) is 9.18 Å². The van der Waals surface area contributed by atoms with E-state index in [1.54, 1.807) is 0 Å². The Labute approximate surface area is 188 Å². The molecule has 0 bridgehead atoms. The van der Waals surface area contributed by atoms with Crippen LogP contribution in [0.25, 0.3) is 0 Å². The van der Waals surface area contributed by atoms with Crippen molar-refractivity contribution in [2.45, 2.75) is 68.1 Å². The second kappa shape index (κ2) is 11.0. The number of aliphatic hydroxyl groups excluding tert-OH is 6. The SMILES string of the molecule is CC1OC(CO)C(OC2OC(CO)C(OC(=O)Nc3ccccc3F)C(O)C2O)C(O)C1O. The molecular weight excluding hydrogens is 449 g/mol. The van der Waals surface area contributed by atoms with Crippen LogP contribution in [0, 0.1) is 5.82 Å². The molecule has 0 spiro atoms. The molecule has 2 heterocycles. The fourth-order valence-electron chi connectivity index (χ4n) is 3.73. The number of halogens is 1. The van der Waals surface area contributed by atoms with Gasteiger partial charge in [0.25, 0.3) is 0 Å². The second-order valence-corrected chi connectivity index (χ2v) is 7.83. The predicted octanol–water partition coefficient (Wildman–Crippen LogP) is -1.93. The molecule has 2 aliphatic rings. The van der Waals surface area contributed by atoms with Crippen molar-refractivity contribution in [1.29, 1.82) is 0 Å². The first kappa shape index (κ1) is 25.7. The van der Waals surface area contributed by atoms with Crippen molar-refractivity contribution in [2.75, 3.05) is 18.5 Å². The average Bonchev–Trinajstić information content (AvgIpc) is 2.80. The lowest BCUT2D eigenvalue weighted by Crippen LogP contribution is -2.64. The van der Waals surface area contributed by atoms with E-state index in [0.29, 0.717) is 0 Å². The minimum Gasteiger partial charge on any atom is -0.440 e. The lowest BCUT2D eigenvalue weighted by atomic mass is 9.95. The summed E-state index contributed by atoms with van der Waals surface area (Å²) in [5.41, 5.74) is -0.190. The van der Waals surface area contributed by atoms with E-state index >= 15 is 0 Å². The zero-order valence-electron chi connectivity index (χ0n) is 17.6. The third-order valence-corrected chi connectivity index (χ3v) is 5.57. The molecule has 7 N–H and O–H groups in total. The minimum atomic E-state index is -1.83. The minimum absolute atomic E-state index is 0.190. The Balaban J connectivity index is 1.68. The number of amides is 1. The Morgan fingerprint density at radius 2 is 1.58 bits per heavy atom. The van der Waals surface area contributed by atoms with Gasteiger partial charge in [0, 0.05) is 0 Å². The fraction of sp³-hybridized carbons (Fsp3) is 0.650. The molecule has 10 unspecified atom stereocenters. The summed E-state index contributed by atoms with van der Waals surface area (Å²) in [4.78, 5) is 12.2. The Hall–Kier alpha value is -1.94. The van der Waals surface area contributed by atoms with E-state index in [9.17, 15) is 39.8 Å². The van der Waals surface area contributed by atoms with Gasteiger partial charge < -0.3 is 49.6 Å². The van der Waals surface area contributed by atoms with Crippen molar-refractivity contribution in [3.05, 3.63) is 30.1 Å². The maximum absolute atomic E-state index is 13.7. The Morgan fingerprint density at radius 3 is 2.21 bits per heavy atom. The zero-order chi connectivity index (χ0) is 24.3. The first-order valence-corrected chi connectivity index (χ1v) is 10.3. The highest BCUT2D eigenvalue weighted by molar-refractivity contribution is 5.84. The summed E-state index contributed by atoms with van der Waals surface area (Å²) in [7, 11) is 0. The van der Waals surface area contributed by atoms with Crippen molar-refractivity contribution in [3.8, 4) is 0 Å². The van der Waals surface area contributed by atoms with Gasteiger partial charge >= 0.3 is 6.09 Å². The van der Waals surface area contributed by atoms with Gasteiger partial charge in [0.1, 0.15) is 48.5 Å². The normalized spacial score (nSPS) is 39.2. The standard InChI is InChI=1S/C20H28FNO11/c1-8-13(25)14(26)17(11(6-23)30-8)32-19-16(28)15(27)18(12(7-24)31-19)33-20(29)22-10-5-3-2-4-9(10)21/h2-5,8,11-19,23-28H,6-7H2,1H3,(H,22,29). The van der Waals surface area contributed by atoms with E-state index in [2.05, 4.69) is 5.32 Å². The summed E-state index contributed by atoms with van der Waals surface area (Å²) >= 11 is 0. The highest BCUT2D eigenvalue weighted by Gasteiger charge is 2.51. The monoisotopic (exact) mass is 477 g/mol. The lowest BCUT2D eigenvalue weighted by Gasteiger charge is -2.46. The van der Waals surface area contributed by atoms with Crippen molar-refractivity contribution >= 4 is 11.8 Å². The Kier molecular flexibility index (Phi) is 8.55. The number of carbonyl (C=O) groups excluding carboxylic acids is 1. The number of hydrogen-bond acceptors (Lipinski definition) is 11. The quantitative estimate of drug-likeness (QED) is 0.242. The molecule has 2 fully saturated rings. The summed E-state index contributed by atoms with van der Waals surface area (Å²) < 4.78 is 35.1. The van der Waals surface area contributed by atoms with Gasteiger partial charge in [-0.1, -0.05) is 12.1 Å². The van der Waals surface area contributed by atoms with Crippen LogP contribution < -0.4 is 5.32 Å². The molecule has 1 amide bonds. The molecule has 0 saturated carbocycles. The van der Waals surface area contributed by atoms with Gasteiger partial charge in [0.2, 0.25) is 0 Å². The number of hydrogen-bond donors (Lipinski definition) is 7. The molecular formula is C20H28FNO11. The maximum Gasteiger partial charge on any atom is 0.412 e. The van der Waals surface area contributed by atoms with Crippen LogP contribution in [0.4, 0.5) is 14.9 Å². The van der Waals surface area contributed by atoms with E-state index in [4.69, 9.17) is 18.9 Å². The van der Waals surface area contributed by atoms with Crippen molar-refractivity contribution in [3.63, 3.8) is 0 Å². The number of rotatable bonds is 6. The molecule has 10 atom stereocenters. The highest BCUT2D eigenvalue weighted by atomic mass is 19.1. The van der Waals surface area contributed by atoms with Crippen molar-refractivity contribution in [2.24, 2.45) is 0 Å². The summed E-state index contributed by atoms with van der Waals surface area (Å²) in [6, 6.07) is 5.27. The van der Waals surface area contributed by atoms with Gasteiger partial charge in [0.05, 0.1) is 25.0 Å². The summed E-state index contributed by atoms with van der Waals surface area (Å²) in [5.74, 6) is -0.731. The van der Waals surface area contributed by atoms with Crippen LogP contribution in [0.15, 0.2) is 24.3 Å². The number of ether oxygens (including phenoxy) is 4. The molecule has 0 aliphatic carbocycles. The van der Waals surface area contributed by atoms with Crippen LogP contribution in [0.5, 0.6) is 0 Å². The molecule has 3 rings (SSSR count). The number of aliphatic hydroxyl groups is 6. The van der Waals surface area contributed by atoms with Crippen LogP contribution >= 0.6 is 0 Å². The van der Waals surface area contributed by atoms with E-state index in [-0.39, 0.29) is 5.69 Å². The maximum atomic E-state index is 13.7. The number of nitrogens with one attached hydrogen (secondary N) is 1. The van der Waals surface area contributed by atoms with Crippen LogP contribution in [0.2, 0.25) is 0 Å². The van der Waals surface area contributed by atoms with Gasteiger partial charge in [-0.2, -0.15) is 0 Å². The summed E-state index contributed by atoms with van der Waals surface area (Å²) in [6.45, 7) is 0.127. The third kappa shape index (κ3) is 5.59. The smallest absolute Gasteiger partial charge is 0.412 e. The average molecular weight is 477 g/mol. The summed E-state index contributed by atoms with van der Waals surface area (Å²) in [5, 5.41) is 62.7. The van der Waals surface area contributed by atoms with Gasteiger partial charge in [-0.15, -0.1) is 0 Å². The number of para-hydroxylation sites is 1. The van der Waals surface area contributed by atoms with Gasteiger partial charge in [-0.3, -0.25) is 5.32 Å². The largest absolute Gasteiger partial charge is 0.440 e. The number of benzene rings is 1. The van der Waals surface area contributed by atoms with Crippen molar-refractivity contribution in [1.82, 2.24) is 0 Å². The third-order valence-electron chi connectivity index (χ3n) is 5.57. The van der Waals surface area contributed by atoms with Crippen LogP contribution in [-0.4, -0.2) is 111 Å². The molecule has 0 aromatic heterocycles. The van der Waals surface area contributed by atoms with E-state index < -0.39 is 86.3 Å². The topological polar surface area (TPSA) is 187 Å². The zero-order valence-corrected chi connectivity index (χ0v) is 17.6. The van der Waals surface area contributed by atoms with Crippen LogP contribution in [0.1, 0.15) is 6.92 Å². The van der Waals surface area contributed by atoms with E-state index in [1.165, 1.54) is 25.1 Å². The van der Waals surface area contributed by atoms with Crippen molar-refractivity contribution < 1.29 is 58.8 Å².